The van der Waals surface area contributed by atoms with Gasteiger partial charge in [0.25, 0.3) is 0 Å². The van der Waals surface area contributed by atoms with Crippen LogP contribution in [-0.2, 0) is 9.59 Å². The van der Waals surface area contributed by atoms with Crippen molar-refractivity contribution < 1.29 is 9.59 Å². The third-order valence-electron chi connectivity index (χ3n) is 4.24. The minimum Gasteiger partial charge on any atom is -0.344 e. The van der Waals surface area contributed by atoms with E-state index in [1.165, 1.54) is 5.56 Å². The average Bonchev–Trinajstić information content (AvgIpc) is 2.89. The van der Waals surface area contributed by atoms with Crippen LogP contribution in [0.25, 0.3) is 0 Å². The van der Waals surface area contributed by atoms with Crippen molar-refractivity contribution >= 4 is 29.9 Å². The highest BCUT2D eigenvalue weighted by atomic mass is 35.5. The van der Waals surface area contributed by atoms with Gasteiger partial charge in [-0.25, -0.2) is 0 Å². The van der Waals surface area contributed by atoms with Crippen LogP contribution in [0.1, 0.15) is 44.1 Å². The number of rotatable bonds is 8. The summed E-state index contributed by atoms with van der Waals surface area (Å²) < 4.78 is 0. The number of nitrogens with one attached hydrogen (secondary N) is 1. The monoisotopic (exact) mass is 353 g/mol. The van der Waals surface area contributed by atoms with Crippen molar-refractivity contribution in [3.8, 4) is 0 Å². The quantitative estimate of drug-likeness (QED) is 0.705. The molecular weight excluding hydrogens is 326 g/mol. The lowest BCUT2D eigenvalue weighted by Crippen LogP contribution is -2.41. The van der Waals surface area contributed by atoms with Gasteiger partial charge in [0.2, 0.25) is 11.8 Å². The smallest absolute Gasteiger partial charge is 0.249 e. The van der Waals surface area contributed by atoms with Gasteiger partial charge in [-0.05, 0) is 44.9 Å². The first kappa shape index (κ1) is 20.5. The van der Waals surface area contributed by atoms with Gasteiger partial charge in [0.05, 0.1) is 0 Å². The summed E-state index contributed by atoms with van der Waals surface area (Å²) in [6.45, 7) is 3.38. The number of halogens is 1. The van der Waals surface area contributed by atoms with Crippen molar-refractivity contribution in [3.63, 3.8) is 0 Å². The first-order valence-corrected chi connectivity index (χ1v) is 8.49. The number of hydrogen-bond acceptors (Lipinski definition) is 3. The van der Waals surface area contributed by atoms with Gasteiger partial charge in [0.1, 0.15) is 6.04 Å². The van der Waals surface area contributed by atoms with Crippen LogP contribution in [-0.4, -0.2) is 30.9 Å². The van der Waals surface area contributed by atoms with Crippen LogP contribution in [0.15, 0.2) is 24.3 Å². The predicted octanol–water partition coefficient (Wildman–Crippen LogP) is 2.55. The second kappa shape index (κ2) is 10.3. The van der Waals surface area contributed by atoms with E-state index in [4.69, 9.17) is 5.73 Å². The van der Waals surface area contributed by atoms with Crippen LogP contribution < -0.4 is 16.0 Å². The summed E-state index contributed by atoms with van der Waals surface area (Å²) in [6, 6.07) is 7.52. The number of benzene rings is 1. The molecule has 1 atom stereocenters. The second-order valence-corrected chi connectivity index (χ2v) is 6.19. The maximum atomic E-state index is 12.4. The number of carbonyl (C=O) groups is 2. The minimum absolute atomic E-state index is 0. The molecule has 1 heterocycles. The molecule has 1 fully saturated rings. The summed E-state index contributed by atoms with van der Waals surface area (Å²) in [7, 11) is 0. The highest BCUT2D eigenvalue weighted by Gasteiger charge is 2.33. The zero-order chi connectivity index (χ0) is 16.7. The zero-order valence-corrected chi connectivity index (χ0v) is 15.1. The number of nitrogens with zero attached hydrogens (tertiary/aromatic N) is 1. The molecule has 1 aliphatic rings. The summed E-state index contributed by atoms with van der Waals surface area (Å²) in [5.41, 5.74) is 7.51. The molecule has 1 unspecified atom stereocenters. The molecule has 3 N–H and O–H groups in total. The average molecular weight is 354 g/mol. The van der Waals surface area contributed by atoms with Crippen LogP contribution in [0, 0.1) is 6.92 Å². The Kier molecular flexibility index (Phi) is 8.79. The highest BCUT2D eigenvalue weighted by molar-refractivity contribution is 6.01. The Labute approximate surface area is 150 Å². The van der Waals surface area contributed by atoms with Gasteiger partial charge in [-0.2, -0.15) is 0 Å². The number of amides is 2. The normalized spacial score (nSPS) is 16.8. The Morgan fingerprint density at radius 3 is 2.54 bits per heavy atom. The van der Waals surface area contributed by atoms with E-state index in [0.29, 0.717) is 25.9 Å². The number of hydrogen-bond donors (Lipinski definition) is 2. The van der Waals surface area contributed by atoms with Gasteiger partial charge in [-0.1, -0.05) is 30.5 Å². The fourth-order valence-corrected chi connectivity index (χ4v) is 2.84. The number of carbonyl (C=O) groups excluding carboxylic acids is 2. The molecular formula is C18H28ClN3O2. The lowest BCUT2D eigenvalue weighted by Gasteiger charge is -2.17. The SMILES string of the molecule is Cc1ccc(N2CCC(NC(=O)CCCCCCN)C2=O)cc1.Cl. The van der Waals surface area contributed by atoms with Crippen LogP contribution in [0.4, 0.5) is 5.69 Å². The number of unbranched alkanes of at least 4 members (excludes halogenated alkanes) is 3. The van der Waals surface area contributed by atoms with E-state index in [2.05, 4.69) is 5.32 Å². The zero-order valence-electron chi connectivity index (χ0n) is 14.3. The maximum absolute atomic E-state index is 12.4. The first-order chi connectivity index (χ1) is 11.1. The van der Waals surface area contributed by atoms with Gasteiger partial charge >= 0.3 is 0 Å². The van der Waals surface area contributed by atoms with E-state index < -0.39 is 0 Å². The molecule has 134 valence electrons. The molecule has 1 aliphatic heterocycles. The van der Waals surface area contributed by atoms with Crippen LogP contribution in [0.5, 0.6) is 0 Å². The van der Waals surface area contributed by atoms with Crippen molar-refractivity contribution in [2.75, 3.05) is 18.0 Å². The number of aryl methyl sites for hydroxylation is 1. The lowest BCUT2D eigenvalue weighted by molar-refractivity contribution is -0.126. The molecule has 0 saturated carbocycles. The standard InChI is InChI=1S/C18H27N3O2.ClH/c1-14-7-9-15(10-8-14)21-13-11-16(18(21)23)20-17(22)6-4-2-3-5-12-19;/h7-10,16H,2-6,11-13,19H2,1H3,(H,20,22);1H. The Morgan fingerprint density at radius 2 is 1.88 bits per heavy atom. The van der Waals surface area contributed by atoms with E-state index in [1.54, 1.807) is 4.90 Å². The van der Waals surface area contributed by atoms with Gasteiger partial charge in [0.15, 0.2) is 0 Å². The van der Waals surface area contributed by atoms with E-state index >= 15 is 0 Å². The summed E-state index contributed by atoms with van der Waals surface area (Å²) >= 11 is 0. The van der Waals surface area contributed by atoms with Crippen LogP contribution >= 0.6 is 12.4 Å². The third-order valence-corrected chi connectivity index (χ3v) is 4.24. The fraction of sp³-hybridized carbons (Fsp3) is 0.556. The minimum atomic E-state index is -0.382. The molecule has 0 radical (unpaired) electrons. The Hall–Kier alpha value is -1.59. The van der Waals surface area contributed by atoms with Gasteiger partial charge < -0.3 is 16.0 Å². The van der Waals surface area contributed by atoms with Gasteiger partial charge in [-0.3, -0.25) is 9.59 Å². The fourth-order valence-electron chi connectivity index (χ4n) is 2.84. The maximum Gasteiger partial charge on any atom is 0.249 e. The molecule has 0 aromatic heterocycles. The summed E-state index contributed by atoms with van der Waals surface area (Å²) in [4.78, 5) is 26.2. The molecule has 24 heavy (non-hydrogen) atoms. The van der Waals surface area contributed by atoms with Crippen molar-refractivity contribution in [2.45, 2.75) is 51.5 Å². The second-order valence-electron chi connectivity index (χ2n) is 6.19. The molecule has 5 nitrogen and oxygen atoms in total. The largest absolute Gasteiger partial charge is 0.344 e. The lowest BCUT2D eigenvalue weighted by atomic mass is 10.1. The number of anilines is 1. The van der Waals surface area contributed by atoms with Crippen LogP contribution in [0.2, 0.25) is 0 Å². The Bertz CT molecular complexity index is 534. The molecule has 0 spiro atoms. The van der Waals surface area contributed by atoms with E-state index in [1.807, 2.05) is 31.2 Å². The van der Waals surface area contributed by atoms with E-state index in [9.17, 15) is 9.59 Å². The molecule has 1 aromatic rings. The molecule has 1 aromatic carbocycles. The molecule has 2 rings (SSSR count). The van der Waals surface area contributed by atoms with E-state index in [0.717, 1.165) is 31.4 Å². The van der Waals surface area contributed by atoms with Gasteiger partial charge in [0, 0.05) is 18.7 Å². The van der Waals surface area contributed by atoms with Crippen molar-refractivity contribution in [1.29, 1.82) is 0 Å². The van der Waals surface area contributed by atoms with Crippen molar-refractivity contribution in [1.82, 2.24) is 5.32 Å². The topological polar surface area (TPSA) is 75.4 Å². The first-order valence-electron chi connectivity index (χ1n) is 8.49. The summed E-state index contributed by atoms with van der Waals surface area (Å²) in [6.07, 6.45) is 5.10. The molecule has 0 aliphatic carbocycles. The molecule has 2 amide bonds. The molecule has 0 bridgehead atoms. The predicted molar refractivity (Wildman–Crippen MR) is 99.5 cm³/mol. The van der Waals surface area contributed by atoms with Gasteiger partial charge in [-0.15, -0.1) is 12.4 Å². The van der Waals surface area contributed by atoms with Crippen LogP contribution in [0.3, 0.4) is 0 Å². The Balaban J connectivity index is 0.00000288. The van der Waals surface area contributed by atoms with Crippen molar-refractivity contribution in [3.05, 3.63) is 29.8 Å². The van der Waals surface area contributed by atoms with E-state index in [-0.39, 0.29) is 30.3 Å². The summed E-state index contributed by atoms with van der Waals surface area (Å²) in [5, 5.41) is 2.88. The molecule has 6 heteroatoms. The molecule has 1 saturated heterocycles. The number of nitrogens with two attached hydrogens (primary N) is 1. The Morgan fingerprint density at radius 1 is 1.21 bits per heavy atom. The third kappa shape index (κ3) is 5.80. The van der Waals surface area contributed by atoms with Crippen molar-refractivity contribution in [2.24, 2.45) is 5.73 Å². The highest BCUT2D eigenvalue weighted by Crippen LogP contribution is 2.22. The summed E-state index contributed by atoms with van der Waals surface area (Å²) in [5.74, 6) is -0.0350.